The van der Waals surface area contributed by atoms with Gasteiger partial charge in [-0.1, -0.05) is 0 Å². The van der Waals surface area contributed by atoms with Crippen LogP contribution in [0.25, 0.3) is 0 Å². The van der Waals surface area contributed by atoms with E-state index in [0.29, 0.717) is 18.3 Å². The number of methoxy groups -OCH3 is 1. The number of hydrogen-bond acceptors (Lipinski definition) is 4. The zero-order valence-corrected chi connectivity index (χ0v) is 16.5. The fourth-order valence-electron chi connectivity index (χ4n) is 2.67. The standard InChI is InChI=1S/C20H27N3O2S/c1-4-25-19-8-6-18(7-9-19)22-20(26)23(14-5-15-24-3)16(2)17-10-12-21-13-11-17/h6-13,16H,4-5,14-15H2,1-3H3,(H,22,26). The first-order valence-electron chi connectivity index (χ1n) is 8.85. The summed E-state index contributed by atoms with van der Waals surface area (Å²) >= 11 is 5.69. The van der Waals surface area contributed by atoms with Crippen molar-refractivity contribution in [2.24, 2.45) is 0 Å². The molecule has 140 valence electrons. The van der Waals surface area contributed by atoms with E-state index in [0.717, 1.165) is 24.4 Å². The summed E-state index contributed by atoms with van der Waals surface area (Å²) in [5.41, 5.74) is 2.12. The lowest BCUT2D eigenvalue weighted by Gasteiger charge is -2.32. The van der Waals surface area contributed by atoms with E-state index in [4.69, 9.17) is 21.7 Å². The molecule has 0 fully saturated rings. The number of hydrogen-bond donors (Lipinski definition) is 1. The Morgan fingerprint density at radius 3 is 2.50 bits per heavy atom. The van der Waals surface area contributed by atoms with Crippen molar-refractivity contribution in [3.05, 3.63) is 54.4 Å². The summed E-state index contributed by atoms with van der Waals surface area (Å²) < 4.78 is 10.7. The Hall–Kier alpha value is -2.18. The number of anilines is 1. The van der Waals surface area contributed by atoms with E-state index in [9.17, 15) is 0 Å². The second-order valence-electron chi connectivity index (χ2n) is 5.88. The molecule has 1 aromatic carbocycles. The van der Waals surface area contributed by atoms with Crippen molar-refractivity contribution in [1.29, 1.82) is 0 Å². The largest absolute Gasteiger partial charge is 0.494 e. The van der Waals surface area contributed by atoms with Gasteiger partial charge >= 0.3 is 0 Å². The van der Waals surface area contributed by atoms with Crippen LogP contribution >= 0.6 is 12.2 Å². The molecule has 1 atom stereocenters. The molecular formula is C20H27N3O2S. The van der Waals surface area contributed by atoms with Crippen LogP contribution in [0.15, 0.2) is 48.8 Å². The third-order valence-electron chi connectivity index (χ3n) is 4.08. The molecular weight excluding hydrogens is 346 g/mol. The predicted octanol–water partition coefficient (Wildman–Crippen LogP) is 4.28. The molecule has 0 aliphatic rings. The molecule has 5 nitrogen and oxygen atoms in total. The normalized spacial score (nSPS) is 11.7. The first-order chi connectivity index (χ1) is 12.7. The SMILES string of the molecule is CCOc1ccc(NC(=S)N(CCCOC)C(C)c2ccncc2)cc1. The monoisotopic (exact) mass is 373 g/mol. The molecule has 0 aliphatic heterocycles. The van der Waals surface area contributed by atoms with Gasteiger partial charge in [0, 0.05) is 38.3 Å². The molecule has 0 amide bonds. The van der Waals surface area contributed by atoms with E-state index in [1.807, 2.05) is 55.7 Å². The van der Waals surface area contributed by atoms with Gasteiger partial charge in [0.25, 0.3) is 0 Å². The first-order valence-corrected chi connectivity index (χ1v) is 9.26. The minimum Gasteiger partial charge on any atom is -0.494 e. The van der Waals surface area contributed by atoms with E-state index in [1.54, 1.807) is 7.11 Å². The fraction of sp³-hybridized carbons (Fsp3) is 0.400. The lowest BCUT2D eigenvalue weighted by molar-refractivity contribution is 0.181. The summed E-state index contributed by atoms with van der Waals surface area (Å²) in [6.45, 7) is 6.28. The van der Waals surface area contributed by atoms with Gasteiger partial charge in [-0.05, 0) is 74.4 Å². The molecule has 1 aromatic heterocycles. The summed E-state index contributed by atoms with van der Waals surface area (Å²) in [4.78, 5) is 6.28. The van der Waals surface area contributed by atoms with Crippen LogP contribution in [0, 0.1) is 0 Å². The quantitative estimate of drug-likeness (QED) is 0.523. The Labute approximate surface area is 161 Å². The molecule has 2 rings (SSSR count). The molecule has 0 saturated carbocycles. The third kappa shape index (κ3) is 5.97. The van der Waals surface area contributed by atoms with Crippen molar-refractivity contribution in [2.45, 2.75) is 26.3 Å². The Morgan fingerprint density at radius 1 is 1.19 bits per heavy atom. The van der Waals surface area contributed by atoms with Crippen molar-refractivity contribution < 1.29 is 9.47 Å². The van der Waals surface area contributed by atoms with E-state index in [2.05, 4.69) is 22.1 Å². The second-order valence-corrected chi connectivity index (χ2v) is 6.27. The van der Waals surface area contributed by atoms with Crippen LogP contribution in [0.1, 0.15) is 31.9 Å². The van der Waals surface area contributed by atoms with Gasteiger partial charge in [-0.25, -0.2) is 0 Å². The lowest BCUT2D eigenvalue weighted by Crippen LogP contribution is -2.38. The smallest absolute Gasteiger partial charge is 0.173 e. The van der Waals surface area contributed by atoms with E-state index in [-0.39, 0.29) is 6.04 Å². The molecule has 26 heavy (non-hydrogen) atoms. The van der Waals surface area contributed by atoms with Gasteiger partial charge in [0.15, 0.2) is 5.11 Å². The average molecular weight is 374 g/mol. The molecule has 0 aliphatic carbocycles. The number of aromatic nitrogens is 1. The number of nitrogens with zero attached hydrogens (tertiary/aromatic N) is 2. The Morgan fingerprint density at radius 2 is 1.88 bits per heavy atom. The van der Waals surface area contributed by atoms with Gasteiger partial charge in [-0.2, -0.15) is 0 Å². The van der Waals surface area contributed by atoms with Crippen molar-refractivity contribution in [2.75, 3.05) is 32.2 Å². The zero-order chi connectivity index (χ0) is 18.8. The van der Waals surface area contributed by atoms with E-state index in [1.165, 1.54) is 5.56 Å². The molecule has 2 aromatic rings. The van der Waals surface area contributed by atoms with Crippen LogP contribution in [0.3, 0.4) is 0 Å². The van der Waals surface area contributed by atoms with E-state index >= 15 is 0 Å². The van der Waals surface area contributed by atoms with Crippen LogP contribution in [-0.4, -0.2) is 41.9 Å². The van der Waals surface area contributed by atoms with Crippen molar-refractivity contribution >= 4 is 23.0 Å². The molecule has 6 heteroatoms. The molecule has 1 heterocycles. The number of thiocarbonyl (C=S) groups is 1. The van der Waals surface area contributed by atoms with Gasteiger partial charge in [0.05, 0.1) is 12.6 Å². The van der Waals surface area contributed by atoms with Gasteiger partial charge in [-0.3, -0.25) is 4.98 Å². The summed E-state index contributed by atoms with van der Waals surface area (Å²) in [5.74, 6) is 0.853. The van der Waals surface area contributed by atoms with Gasteiger partial charge in [0.1, 0.15) is 5.75 Å². The third-order valence-corrected chi connectivity index (χ3v) is 4.42. The van der Waals surface area contributed by atoms with Crippen molar-refractivity contribution in [1.82, 2.24) is 9.88 Å². The van der Waals surface area contributed by atoms with Crippen molar-refractivity contribution in [3.8, 4) is 5.75 Å². The fourth-order valence-corrected chi connectivity index (χ4v) is 3.04. The number of nitrogens with one attached hydrogen (secondary N) is 1. The minimum absolute atomic E-state index is 0.137. The van der Waals surface area contributed by atoms with Gasteiger partial charge in [-0.15, -0.1) is 0 Å². The van der Waals surface area contributed by atoms with E-state index < -0.39 is 0 Å². The predicted molar refractivity (Wildman–Crippen MR) is 110 cm³/mol. The first kappa shape index (κ1) is 20.1. The topological polar surface area (TPSA) is 46.6 Å². The average Bonchev–Trinajstić information content (AvgIpc) is 2.67. The summed E-state index contributed by atoms with van der Waals surface area (Å²) in [7, 11) is 1.72. The van der Waals surface area contributed by atoms with Gasteiger partial charge in [0.2, 0.25) is 0 Å². The maximum atomic E-state index is 5.69. The number of benzene rings is 1. The second kappa shape index (κ2) is 10.7. The number of pyridine rings is 1. The van der Waals surface area contributed by atoms with Crippen LogP contribution in [0.2, 0.25) is 0 Å². The lowest BCUT2D eigenvalue weighted by atomic mass is 10.1. The summed E-state index contributed by atoms with van der Waals surface area (Å²) in [6, 6.07) is 12.0. The van der Waals surface area contributed by atoms with Crippen LogP contribution < -0.4 is 10.1 Å². The van der Waals surface area contributed by atoms with Crippen LogP contribution in [0.5, 0.6) is 5.75 Å². The zero-order valence-electron chi connectivity index (χ0n) is 15.6. The Kier molecular flexibility index (Phi) is 8.31. The van der Waals surface area contributed by atoms with Crippen LogP contribution in [0.4, 0.5) is 5.69 Å². The maximum Gasteiger partial charge on any atom is 0.173 e. The molecule has 0 radical (unpaired) electrons. The Balaban J connectivity index is 2.08. The molecule has 0 spiro atoms. The highest BCUT2D eigenvalue weighted by molar-refractivity contribution is 7.80. The highest BCUT2D eigenvalue weighted by Gasteiger charge is 2.18. The maximum absolute atomic E-state index is 5.69. The van der Waals surface area contributed by atoms with Gasteiger partial charge < -0.3 is 19.7 Å². The summed E-state index contributed by atoms with van der Waals surface area (Å²) in [5, 5.41) is 4.02. The highest BCUT2D eigenvalue weighted by Crippen LogP contribution is 2.22. The molecule has 0 bridgehead atoms. The molecule has 0 saturated heterocycles. The van der Waals surface area contributed by atoms with Crippen LogP contribution in [-0.2, 0) is 4.74 Å². The highest BCUT2D eigenvalue weighted by atomic mass is 32.1. The minimum atomic E-state index is 0.137. The number of ether oxygens (including phenoxy) is 2. The Bertz CT molecular complexity index is 665. The molecule has 1 N–H and O–H groups in total. The number of rotatable bonds is 9. The molecule has 1 unspecified atom stereocenters. The summed E-state index contributed by atoms with van der Waals surface area (Å²) in [6.07, 6.45) is 4.52. The van der Waals surface area contributed by atoms with Crippen molar-refractivity contribution in [3.63, 3.8) is 0 Å².